The van der Waals surface area contributed by atoms with Gasteiger partial charge in [-0.25, -0.2) is 4.79 Å². The molecule has 2 rings (SSSR count). The molecule has 1 aliphatic carbocycles. The molecule has 0 saturated heterocycles. The number of rotatable bonds is 5. The number of amides is 2. The fourth-order valence-corrected chi connectivity index (χ4v) is 2.83. The molecule has 0 bridgehead atoms. The predicted octanol–water partition coefficient (Wildman–Crippen LogP) is 2.76. The lowest BCUT2D eigenvalue weighted by Crippen LogP contribution is -2.41. The number of nitriles is 1. The molecule has 2 N–H and O–H groups in total. The number of carbonyl (C=O) groups is 2. The van der Waals surface area contributed by atoms with Crippen molar-refractivity contribution in [3.05, 3.63) is 34.9 Å². The van der Waals surface area contributed by atoms with Gasteiger partial charge in [0.05, 0.1) is 6.07 Å². The van der Waals surface area contributed by atoms with Crippen molar-refractivity contribution in [1.82, 2.24) is 10.6 Å². The lowest BCUT2D eigenvalue weighted by atomic mass is 9.85. The summed E-state index contributed by atoms with van der Waals surface area (Å²) in [6.45, 7) is 0.225. The van der Waals surface area contributed by atoms with Crippen molar-refractivity contribution >= 4 is 23.6 Å². The van der Waals surface area contributed by atoms with Crippen molar-refractivity contribution in [3.63, 3.8) is 0 Å². The zero-order valence-corrected chi connectivity index (χ0v) is 14.0. The minimum Gasteiger partial charge on any atom is -0.445 e. The number of hydrogen-bond acceptors (Lipinski definition) is 4. The topological polar surface area (TPSA) is 91.2 Å². The average Bonchev–Trinajstić information content (AvgIpc) is 2.60. The van der Waals surface area contributed by atoms with Crippen LogP contribution in [-0.4, -0.2) is 24.6 Å². The highest BCUT2D eigenvalue weighted by Gasteiger charge is 2.27. The van der Waals surface area contributed by atoms with E-state index in [1.807, 2.05) is 6.07 Å². The monoisotopic (exact) mass is 349 g/mol. The van der Waals surface area contributed by atoms with Crippen LogP contribution >= 0.6 is 11.6 Å². The van der Waals surface area contributed by atoms with Gasteiger partial charge in [0.2, 0.25) is 5.91 Å². The van der Waals surface area contributed by atoms with E-state index in [1.165, 1.54) is 0 Å². The standard InChI is InChI=1S/C17H20ClN3O3/c18-14-5-1-12(2-6-14)11-24-17(23)21-15-7-3-13(4-8-15)16(22)20-10-9-19/h1-2,5-6,13,15H,3-4,7-8,10-11H2,(H,20,22)(H,21,23)/t13-,15+. The van der Waals surface area contributed by atoms with Crippen LogP contribution in [0.25, 0.3) is 0 Å². The molecular weight excluding hydrogens is 330 g/mol. The van der Waals surface area contributed by atoms with Gasteiger partial charge in [-0.05, 0) is 43.4 Å². The highest BCUT2D eigenvalue weighted by Crippen LogP contribution is 2.24. The average molecular weight is 350 g/mol. The third kappa shape index (κ3) is 5.74. The first kappa shape index (κ1) is 18.1. The van der Waals surface area contributed by atoms with Crippen LogP contribution in [0.3, 0.4) is 0 Å². The van der Waals surface area contributed by atoms with Gasteiger partial charge in [0, 0.05) is 17.0 Å². The molecule has 0 unspecified atom stereocenters. The van der Waals surface area contributed by atoms with Gasteiger partial charge in [-0.2, -0.15) is 5.26 Å². The van der Waals surface area contributed by atoms with E-state index in [4.69, 9.17) is 21.6 Å². The maximum atomic E-state index is 11.8. The molecule has 128 valence electrons. The first-order chi connectivity index (χ1) is 11.6. The number of alkyl carbamates (subject to hydrolysis) is 1. The molecule has 1 aromatic rings. The third-order valence-corrected chi connectivity index (χ3v) is 4.30. The highest BCUT2D eigenvalue weighted by molar-refractivity contribution is 6.30. The summed E-state index contributed by atoms with van der Waals surface area (Å²) in [5.74, 6) is -0.165. The predicted molar refractivity (Wildman–Crippen MR) is 89.1 cm³/mol. The van der Waals surface area contributed by atoms with Crippen LogP contribution in [0.2, 0.25) is 5.02 Å². The summed E-state index contributed by atoms with van der Waals surface area (Å²) in [4.78, 5) is 23.6. The number of benzene rings is 1. The van der Waals surface area contributed by atoms with Gasteiger partial charge < -0.3 is 15.4 Å². The Balaban J connectivity index is 1.67. The number of halogens is 1. The van der Waals surface area contributed by atoms with Gasteiger partial charge in [-0.3, -0.25) is 4.79 Å². The molecule has 6 nitrogen and oxygen atoms in total. The number of hydrogen-bond donors (Lipinski definition) is 2. The molecule has 0 heterocycles. The second-order valence-electron chi connectivity index (χ2n) is 5.77. The second kappa shape index (κ2) is 9.14. The van der Waals surface area contributed by atoms with Crippen LogP contribution in [0.15, 0.2) is 24.3 Å². The van der Waals surface area contributed by atoms with E-state index in [2.05, 4.69) is 10.6 Å². The smallest absolute Gasteiger partial charge is 0.407 e. The summed E-state index contributed by atoms with van der Waals surface area (Å²) in [5, 5.41) is 14.5. The lowest BCUT2D eigenvalue weighted by Gasteiger charge is -2.27. The van der Waals surface area contributed by atoms with Crippen LogP contribution in [0.4, 0.5) is 4.79 Å². The molecule has 7 heteroatoms. The van der Waals surface area contributed by atoms with Gasteiger partial charge in [0.1, 0.15) is 13.2 Å². The Kier molecular flexibility index (Phi) is 6.89. The number of nitrogens with zero attached hydrogens (tertiary/aromatic N) is 1. The van der Waals surface area contributed by atoms with Crippen LogP contribution in [0.5, 0.6) is 0 Å². The zero-order valence-electron chi connectivity index (χ0n) is 13.3. The number of carbonyl (C=O) groups excluding carboxylic acids is 2. The van der Waals surface area contributed by atoms with Crippen molar-refractivity contribution in [2.75, 3.05) is 6.54 Å². The van der Waals surface area contributed by atoms with Gasteiger partial charge in [-0.1, -0.05) is 23.7 Å². The first-order valence-electron chi connectivity index (χ1n) is 7.91. The molecule has 1 fully saturated rings. The van der Waals surface area contributed by atoms with Gasteiger partial charge in [0.15, 0.2) is 0 Å². The summed E-state index contributed by atoms with van der Waals surface area (Å²) in [5.41, 5.74) is 0.868. The normalized spacial score (nSPS) is 19.8. The van der Waals surface area contributed by atoms with Crippen LogP contribution in [0, 0.1) is 17.2 Å². The molecule has 1 saturated carbocycles. The highest BCUT2D eigenvalue weighted by atomic mass is 35.5. The first-order valence-corrected chi connectivity index (χ1v) is 8.28. The molecule has 0 aliphatic heterocycles. The molecule has 2 amide bonds. The Morgan fingerprint density at radius 2 is 1.88 bits per heavy atom. The van der Waals surface area contributed by atoms with E-state index in [9.17, 15) is 9.59 Å². The third-order valence-electron chi connectivity index (χ3n) is 4.04. The molecule has 0 aromatic heterocycles. The largest absolute Gasteiger partial charge is 0.445 e. The molecule has 1 aliphatic rings. The molecule has 24 heavy (non-hydrogen) atoms. The van der Waals surface area contributed by atoms with Gasteiger partial charge >= 0.3 is 6.09 Å². The van der Waals surface area contributed by atoms with Crippen molar-refractivity contribution in [1.29, 1.82) is 5.26 Å². The van der Waals surface area contributed by atoms with Gasteiger partial charge in [-0.15, -0.1) is 0 Å². The molecule has 0 radical (unpaired) electrons. The lowest BCUT2D eigenvalue weighted by molar-refractivity contribution is -0.125. The quantitative estimate of drug-likeness (QED) is 0.799. The van der Waals surface area contributed by atoms with Crippen molar-refractivity contribution in [2.45, 2.75) is 38.3 Å². The Hall–Kier alpha value is -2.26. The summed E-state index contributed by atoms with van der Waals surface area (Å²) >= 11 is 5.80. The number of ether oxygens (including phenoxy) is 1. The van der Waals surface area contributed by atoms with Crippen LogP contribution in [0.1, 0.15) is 31.2 Å². The van der Waals surface area contributed by atoms with E-state index in [0.717, 1.165) is 18.4 Å². The SMILES string of the molecule is N#CCNC(=O)[C@H]1CC[C@@H](NC(=O)OCc2ccc(Cl)cc2)CC1. The van der Waals surface area contributed by atoms with E-state index in [0.29, 0.717) is 17.9 Å². The molecular formula is C17H20ClN3O3. The fraction of sp³-hybridized carbons (Fsp3) is 0.471. The number of nitrogens with one attached hydrogen (secondary N) is 2. The summed E-state index contributed by atoms with van der Waals surface area (Å²) in [6.07, 6.45) is 2.38. The van der Waals surface area contributed by atoms with Gasteiger partial charge in [0.25, 0.3) is 0 Å². The summed E-state index contributed by atoms with van der Waals surface area (Å²) in [6, 6.07) is 9.01. The molecule has 0 spiro atoms. The Labute approximate surface area is 146 Å². The van der Waals surface area contributed by atoms with Crippen molar-refractivity contribution in [3.8, 4) is 6.07 Å². The Bertz CT molecular complexity index is 605. The Morgan fingerprint density at radius 1 is 1.21 bits per heavy atom. The second-order valence-corrected chi connectivity index (χ2v) is 6.21. The van der Waals surface area contributed by atoms with E-state index in [-0.39, 0.29) is 31.0 Å². The fourth-order valence-electron chi connectivity index (χ4n) is 2.71. The minimum absolute atomic E-state index is 0.0164. The van der Waals surface area contributed by atoms with Crippen molar-refractivity contribution < 1.29 is 14.3 Å². The van der Waals surface area contributed by atoms with E-state index in [1.54, 1.807) is 24.3 Å². The maximum absolute atomic E-state index is 11.8. The summed E-state index contributed by atoms with van der Waals surface area (Å²) in [7, 11) is 0. The van der Waals surface area contributed by atoms with Crippen LogP contribution < -0.4 is 10.6 Å². The molecule has 0 atom stereocenters. The van der Waals surface area contributed by atoms with Crippen LogP contribution in [-0.2, 0) is 16.1 Å². The van der Waals surface area contributed by atoms with E-state index >= 15 is 0 Å². The zero-order chi connectivity index (χ0) is 17.4. The molecule has 1 aromatic carbocycles. The van der Waals surface area contributed by atoms with E-state index < -0.39 is 6.09 Å². The Morgan fingerprint density at radius 3 is 2.50 bits per heavy atom. The maximum Gasteiger partial charge on any atom is 0.407 e. The summed E-state index contributed by atoms with van der Waals surface area (Å²) < 4.78 is 5.19. The van der Waals surface area contributed by atoms with Crippen molar-refractivity contribution in [2.24, 2.45) is 5.92 Å². The minimum atomic E-state index is -0.456.